The average molecular weight is 600 g/mol. The van der Waals surface area contributed by atoms with Crippen LogP contribution in [0.4, 0.5) is 11.6 Å². The molecule has 0 radical (unpaired) electrons. The smallest absolute Gasteiger partial charge is 0.260 e. The average Bonchev–Trinajstić information content (AvgIpc) is 3.22. The van der Waals surface area contributed by atoms with Crippen molar-refractivity contribution < 1.29 is 13.2 Å². The Bertz CT molecular complexity index is 1300. The lowest BCUT2D eigenvalue weighted by molar-refractivity contribution is -0.115. The van der Waals surface area contributed by atoms with Gasteiger partial charge in [-0.25, -0.2) is 13.4 Å². The van der Waals surface area contributed by atoms with E-state index in [1.807, 2.05) is 24.3 Å². The number of aromatic nitrogens is 2. The number of sulfonamides is 1. The lowest BCUT2D eigenvalue weighted by atomic mass is 10.1. The molecule has 0 N–H and O–H groups in total. The first kappa shape index (κ1) is 26.2. The Hall–Kier alpha value is -1.91. The van der Waals surface area contributed by atoms with Crippen LogP contribution in [0.15, 0.2) is 58.2 Å². The Kier molecular flexibility index (Phi) is 8.23. The topological polar surface area (TPSA) is 75.5 Å². The van der Waals surface area contributed by atoms with E-state index in [1.54, 1.807) is 22.8 Å². The Labute approximate surface area is 223 Å². The maximum atomic E-state index is 13.6. The van der Waals surface area contributed by atoms with Crippen LogP contribution in [0, 0.1) is 0 Å². The van der Waals surface area contributed by atoms with Crippen LogP contribution in [0.5, 0.6) is 0 Å². The van der Waals surface area contributed by atoms with E-state index in [2.05, 4.69) is 20.9 Å². The van der Waals surface area contributed by atoms with Gasteiger partial charge in [0.15, 0.2) is 5.03 Å². The van der Waals surface area contributed by atoms with Crippen LogP contribution in [0.25, 0.3) is 0 Å². The van der Waals surface area contributed by atoms with Crippen molar-refractivity contribution in [3.63, 3.8) is 0 Å². The summed E-state index contributed by atoms with van der Waals surface area (Å²) < 4.78 is 31.3. The van der Waals surface area contributed by atoms with Gasteiger partial charge in [-0.1, -0.05) is 57.7 Å². The van der Waals surface area contributed by atoms with Crippen molar-refractivity contribution in [2.24, 2.45) is 0 Å². The number of anilines is 2. The number of halogens is 3. The summed E-state index contributed by atoms with van der Waals surface area (Å²) >= 11 is 15.8. The van der Waals surface area contributed by atoms with Crippen molar-refractivity contribution in [2.45, 2.75) is 44.2 Å². The Morgan fingerprint density at radius 1 is 1.06 bits per heavy atom. The number of hydrogen-bond donors (Lipinski definition) is 0. The Balaban J connectivity index is 1.80. The SMILES string of the molecule is CC(=O)N(c1cc(Cl)cc(Cl)c1)c1ncc(S(=O)(=O)N2CCCCC2)n1CCc1ccc(Br)cc1. The summed E-state index contributed by atoms with van der Waals surface area (Å²) in [6, 6.07) is 12.6. The molecule has 4 rings (SSSR count). The Morgan fingerprint density at radius 3 is 2.29 bits per heavy atom. The number of rotatable bonds is 7. The van der Waals surface area contributed by atoms with Crippen LogP contribution in [0.2, 0.25) is 10.0 Å². The highest BCUT2D eigenvalue weighted by Crippen LogP contribution is 2.33. The van der Waals surface area contributed by atoms with Crippen LogP contribution in [-0.4, -0.2) is 41.3 Å². The maximum absolute atomic E-state index is 13.6. The van der Waals surface area contributed by atoms with Crippen molar-refractivity contribution in [3.8, 4) is 0 Å². The second-order valence-electron chi connectivity index (χ2n) is 8.37. The summed E-state index contributed by atoms with van der Waals surface area (Å²) in [6.45, 7) is 2.63. The van der Waals surface area contributed by atoms with Gasteiger partial charge in [0, 0.05) is 41.1 Å². The molecule has 1 aliphatic heterocycles. The zero-order valence-electron chi connectivity index (χ0n) is 19.1. The van der Waals surface area contributed by atoms with Gasteiger partial charge in [0.1, 0.15) is 0 Å². The third-order valence-electron chi connectivity index (χ3n) is 5.87. The van der Waals surface area contributed by atoms with E-state index in [-0.39, 0.29) is 16.9 Å². The second-order valence-corrected chi connectivity index (χ2v) is 12.0. The quantitative estimate of drug-likeness (QED) is 0.331. The fraction of sp³-hybridized carbons (Fsp3) is 0.333. The van der Waals surface area contributed by atoms with E-state index < -0.39 is 10.0 Å². The minimum absolute atomic E-state index is 0.0610. The number of piperidine rings is 1. The predicted octanol–water partition coefficient (Wildman–Crippen LogP) is 6.05. The van der Waals surface area contributed by atoms with E-state index in [1.165, 1.54) is 22.3 Å². The van der Waals surface area contributed by atoms with Gasteiger partial charge in [0.25, 0.3) is 10.0 Å². The summed E-state index contributed by atoms with van der Waals surface area (Å²) in [7, 11) is -3.80. The number of nitrogens with zero attached hydrogens (tertiary/aromatic N) is 4. The number of aryl methyl sites for hydroxylation is 1. The molecule has 1 amide bonds. The molecule has 0 unspecified atom stereocenters. The van der Waals surface area contributed by atoms with E-state index in [0.29, 0.717) is 41.8 Å². The van der Waals surface area contributed by atoms with E-state index in [9.17, 15) is 13.2 Å². The van der Waals surface area contributed by atoms with Crippen LogP contribution in [-0.2, 0) is 27.8 Å². The highest BCUT2D eigenvalue weighted by Gasteiger charge is 2.32. The third-order valence-corrected chi connectivity index (χ3v) is 8.74. The summed E-state index contributed by atoms with van der Waals surface area (Å²) in [5, 5.41) is 0.770. The number of hydrogen-bond acceptors (Lipinski definition) is 4. The molecule has 35 heavy (non-hydrogen) atoms. The summed E-state index contributed by atoms with van der Waals surface area (Å²) in [4.78, 5) is 18.6. The van der Waals surface area contributed by atoms with Crippen LogP contribution >= 0.6 is 39.1 Å². The molecule has 186 valence electrons. The predicted molar refractivity (Wildman–Crippen MR) is 142 cm³/mol. The minimum atomic E-state index is -3.80. The Morgan fingerprint density at radius 2 is 1.69 bits per heavy atom. The molecule has 3 aromatic rings. The third kappa shape index (κ3) is 5.91. The largest absolute Gasteiger partial charge is 0.299 e. The molecule has 1 aromatic heterocycles. The van der Waals surface area contributed by atoms with Gasteiger partial charge in [0.2, 0.25) is 11.9 Å². The molecule has 0 saturated carbocycles. The van der Waals surface area contributed by atoms with Gasteiger partial charge in [-0.15, -0.1) is 0 Å². The molecule has 1 fully saturated rings. The molecule has 2 aromatic carbocycles. The molecule has 11 heteroatoms. The maximum Gasteiger partial charge on any atom is 0.260 e. The fourth-order valence-corrected chi connectivity index (χ4v) is 6.60. The molecular formula is C24H25BrCl2N4O3S. The summed E-state index contributed by atoms with van der Waals surface area (Å²) in [6.07, 6.45) is 4.53. The molecular weight excluding hydrogens is 575 g/mol. The number of imidazole rings is 1. The van der Waals surface area contributed by atoms with Crippen molar-refractivity contribution in [2.75, 3.05) is 18.0 Å². The van der Waals surface area contributed by atoms with Crippen molar-refractivity contribution in [1.29, 1.82) is 0 Å². The first-order valence-electron chi connectivity index (χ1n) is 11.2. The van der Waals surface area contributed by atoms with Gasteiger partial charge < -0.3 is 0 Å². The standard InChI is InChI=1S/C24H25BrCl2N4O3S/c1-17(32)31(22-14-20(26)13-21(27)15-22)24-28-16-23(35(33,34)29-10-3-2-4-11-29)30(24)12-9-18-5-7-19(25)8-6-18/h5-8,13-16H,2-4,9-12H2,1H3. The lowest BCUT2D eigenvalue weighted by Gasteiger charge is -2.27. The normalized spacial score (nSPS) is 14.7. The van der Waals surface area contributed by atoms with Gasteiger partial charge in [0.05, 0.1) is 11.9 Å². The van der Waals surface area contributed by atoms with Crippen LogP contribution < -0.4 is 4.90 Å². The lowest BCUT2D eigenvalue weighted by Crippen LogP contribution is -2.37. The van der Waals surface area contributed by atoms with Crippen LogP contribution in [0.3, 0.4) is 0 Å². The summed E-state index contributed by atoms with van der Waals surface area (Å²) in [5.74, 6) is -0.149. The molecule has 0 atom stereocenters. The van der Waals surface area contributed by atoms with E-state index in [4.69, 9.17) is 23.2 Å². The van der Waals surface area contributed by atoms with Crippen molar-refractivity contribution >= 4 is 66.7 Å². The zero-order chi connectivity index (χ0) is 25.2. The number of carbonyl (C=O) groups excluding carboxylic acids is 1. The molecule has 7 nitrogen and oxygen atoms in total. The number of amides is 1. The molecule has 0 bridgehead atoms. The van der Waals surface area contributed by atoms with Gasteiger partial charge >= 0.3 is 0 Å². The first-order chi connectivity index (χ1) is 16.7. The van der Waals surface area contributed by atoms with Gasteiger partial charge in [-0.3, -0.25) is 14.3 Å². The molecule has 1 aliphatic rings. The second kappa shape index (κ2) is 11.0. The molecule has 0 spiro atoms. The number of benzene rings is 2. The van der Waals surface area contributed by atoms with Crippen molar-refractivity contribution in [3.05, 3.63) is 68.7 Å². The first-order valence-corrected chi connectivity index (χ1v) is 14.2. The highest BCUT2D eigenvalue weighted by molar-refractivity contribution is 9.10. The highest BCUT2D eigenvalue weighted by atomic mass is 79.9. The van der Waals surface area contributed by atoms with Gasteiger partial charge in [-0.05, 0) is 55.2 Å². The molecule has 1 saturated heterocycles. The van der Waals surface area contributed by atoms with Gasteiger partial charge in [-0.2, -0.15) is 4.31 Å². The zero-order valence-corrected chi connectivity index (χ0v) is 23.0. The molecule has 0 aliphatic carbocycles. The van der Waals surface area contributed by atoms with E-state index in [0.717, 1.165) is 29.3 Å². The summed E-state index contributed by atoms with van der Waals surface area (Å²) in [5.41, 5.74) is 1.43. The van der Waals surface area contributed by atoms with Crippen LogP contribution in [0.1, 0.15) is 31.7 Å². The number of carbonyl (C=O) groups is 1. The van der Waals surface area contributed by atoms with Crippen molar-refractivity contribution in [1.82, 2.24) is 13.9 Å². The fourth-order valence-electron chi connectivity index (χ4n) is 4.18. The van der Waals surface area contributed by atoms with E-state index >= 15 is 0 Å². The molecule has 2 heterocycles. The monoisotopic (exact) mass is 598 g/mol. The minimum Gasteiger partial charge on any atom is -0.299 e.